The summed E-state index contributed by atoms with van der Waals surface area (Å²) in [6.07, 6.45) is 3.92. The number of unbranched alkanes of at least 4 members (excludes halogenated alkanes) is 1. The van der Waals surface area contributed by atoms with Crippen molar-refractivity contribution in [2.45, 2.75) is 64.4 Å². The minimum Gasteiger partial charge on any atom is -0.356 e. The molecule has 0 aromatic heterocycles. The van der Waals surface area contributed by atoms with Crippen LogP contribution in [0.2, 0.25) is 0 Å². The Morgan fingerprint density at radius 3 is 2.78 bits per heavy atom. The van der Waals surface area contributed by atoms with Gasteiger partial charge in [0, 0.05) is 13.0 Å². The van der Waals surface area contributed by atoms with Crippen LogP contribution < -0.4 is 11.1 Å². The number of carbonyl (C=O) groups is 1. The predicted molar refractivity (Wildman–Crippen MR) is 70.0 cm³/mol. The van der Waals surface area contributed by atoms with E-state index >= 15 is 0 Å². The Morgan fingerprint density at radius 1 is 1.39 bits per heavy atom. The summed E-state index contributed by atoms with van der Waals surface area (Å²) >= 11 is 0. The molecule has 1 aliphatic rings. The van der Waals surface area contributed by atoms with Gasteiger partial charge in [0.25, 0.3) is 0 Å². The maximum Gasteiger partial charge on any atom is 0.222 e. The van der Waals surface area contributed by atoms with E-state index in [0.29, 0.717) is 13.0 Å². The normalized spacial score (nSPS) is 28.1. The number of nitrogens with one attached hydrogen (secondary N) is 1. The number of rotatable bonds is 7. The summed E-state index contributed by atoms with van der Waals surface area (Å²) in [5.41, 5.74) is 5.53. The van der Waals surface area contributed by atoms with Crippen LogP contribution in [0.25, 0.3) is 0 Å². The van der Waals surface area contributed by atoms with E-state index < -0.39 is 0 Å². The summed E-state index contributed by atoms with van der Waals surface area (Å²) < 4.78 is 11.2. The number of ether oxygens (including phenoxy) is 2. The first kappa shape index (κ1) is 15.4. The molecule has 0 spiro atoms. The molecule has 0 aromatic carbocycles. The van der Waals surface area contributed by atoms with Gasteiger partial charge in [-0.1, -0.05) is 13.3 Å². The first-order chi connectivity index (χ1) is 8.65. The molecule has 3 unspecified atom stereocenters. The van der Waals surface area contributed by atoms with E-state index in [4.69, 9.17) is 15.2 Å². The lowest BCUT2D eigenvalue weighted by Crippen LogP contribution is -2.40. The lowest BCUT2D eigenvalue weighted by molar-refractivity contribution is -0.234. The maximum absolute atomic E-state index is 11.7. The fraction of sp³-hybridized carbons (Fsp3) is 0.923. The summed E-state index contributed by atoms with van der Waals surface area (Å²) in [6, 6.07) is 0. The van der Waals surface area contributed by atoms with E-state index in [0.717, 1.165) is 32.2 Å². The second-order valence-corrected chi connectivity index (χ2v) is 4.80. The van der Waals surface area contributed by atoms with Gasteiger partial charge in [0.05, 0.1) is 18.6 Å². The van der Waals surface area contributed by atoms with Gasteiger partial charge in [-0.05, 0) is 26.3 Å². The highest BCUT2D eigenvalue weighted by Gasteiger charge is 2.28. The monoisotopic (exact) mass is 258 g/mol. The summed E-state index contributed by atoms with van der Waals surface area (Å²) in [5, 5.41) is 2.91. The van der Waals surface area contributed by atoms with Crippen molar-refractivity contribution in [1.82, 2.24) is 5.32 Å². The van der Waals surface area contributed by atoms with Gasteiger partial charge in [-0.2, -0.15) is 0 Å². The molecule has 1 amide bonds. The minimum atomic E-state index is -0.247. The van der Waals surface area contributed by atoms with Crippen molar-refractivity contribution in [3.8, 4) is 0 Å². The van der Waals surface area contributed by atoms with Gasteiger partial charge in [-0.3, -0.25) is 4.79 Å². The summed E-state index contributed by atoms with van der Waals surface area (Å²) in [7, 11) is 0. The van der Waals surface area contributed by atoms with Crippen LogP contribution in [-0.4, -0.2) is 37.5 Å². The van der Waals surface area contributed by atoms with Crippen LogP contribution in [0.15, 0.2) is 0 Å². The highest BCUT2D eigenvalue weighted by Crippen LogP contribution is 2.22. The van der Waals surface area contributed by atoms with Gasteiger partial charge in [0.2, 0.25) is 5.91 Å². The minimum absolute atomic E-state index is 0.0491. The molecule has 0 aliphatic carbocycles. The first-order valence-corrected chi connectivity index (χ1v) is 6.93. The zero-order valence-corrected chi connectivity index (χ0v) is 11.5. The Balaban J connectivity index is 2.29. The van der Waals surface area contributed by atoms with Crippen molar-refractivity contribution in [1.29, 1.82) is 0 Å². The summed E-state index contributed by atoms with van der Waals surface area (Å²) in [5.74, 6) is 0.0639. The number of amides is 1. The lowest BCUT2D eigenvalue weighted by atomic mass is 10.0. The Morgan fingerprint density at radius 2 is 2.11 bits per heavy atom. The van der Waals surface area contributed by atoms with E-state index in [1.165, 1.54) is 0 Å². The van der Waals surface area contributed by atoms with Crippen molar-refractivity contribution in [3.63, 3.8) is 0 Å². The van der Waals surface area contributed by atoms with Crippen LogP contribution in [0, 0.1) is 0 Å². The van der Waals surface area contributed by atoms with Crippen molar-refractivity contribution in [3.05, 3.63) is 0 Å². The predicted octanol–water partition coefficient (Wildman–Crippen LogP) is 1.16. The number of hydrogen-bond donors (Lipinski definition) is 2. The zero-order valence-electron chi connectivity index (χ0n) is 11.5. The molecule has 106 valence electrons. The topological polar surface area (TPSA) is 73.6 Å². The maximum atomic E-state index is 11.7. The lowest BCUT2D eigenvalue weighted by Gasteiger charge is -2.33. The largest absolute Gasteiger partial charge is 0.356 e. The zero-order chi connectivity index (χ0) is 13.4. The van der Waals surface area contributed by atoms with Gasteiger partial charge < -0.3 is 20.5 Å². The summed E-state index contributed by atoms with van der Waals surface area (Å²) in [4.78, 5) is 11.7. The van der Waals surface area contributed by atoms with E-state index in [-0.39, 0.29) is 24.4 Å². The molecule has 0 bridgehead atoms. The van der Waals surface area contributed by atoms with Crippen LogP contribution in [0.3, 0.4) is 0 Å². The molecule has 1 aliphatic heterocycles. The fourth-order valence-electron chi connectivity index (χ4n) is 2.17. The van der Waals surface area contributed by atoms with Crippen molar-refractivity contribution in [2.75, 3.05) is 13.1 Å². The molecular weight excluding hydrogens is 232 g/mol. The molecule has 0 radical (unpaired) electrons. The summed E-state index contributed by atoms with van der Waals surface area (Å²) in [6.45, 7) is 5.32. The van der Waals surface area contributed by atoms with Crippen molar-refractivity contribution < 1.29 is 14.3 Å². The molecule has 3 N–H and O–H groups in total. The van der Waals surface area contributed by atoms with Crippen LogP contribution >= 0.6 is 0 Å². The molecule has 1 saturated heterocycles. The third kappa shape index (κ3) is 5.80. The van der Waals surface area contributed by atoms with Crippen LogP contribution in [-0.2, 0) is 14.3 Å². The fourth-order valence-corrected chi connectivity index (χ4v) is 2.17. The van der Waals surface area contributed by atoms with Crippen LogP contribution in [0.1, 0.15) is 46.0 Å². The molecular formula is C13H26N2O3. The third-order valence-corrected chi connectivity index (χ3v) is 3.05. The molecule has 1 fully saturated rings. The third-order valence-electron chi connectivity index (χ3n) is 3.05. The highest BCUT2D eigenvalue weighted by atomic mass is 16.7. The van der Waals surface area contributed by atoms with E-state index in [1.54, 1.807) is 0 Å². The molecule has 3 atom stereocenters. The molecule has 5 heteroatoms. The Hall–Kier alpha value is -0.650. The van der Waals surface area contributed by atoms with Crippen LogP contribution in [0.5, 0.6) is 0 Å². The highest BCUT2D eigenvalue weighted by molar-refractivity contribution is 5.76. The van der Waals surface area contributed by atoms with Crippen molar-refractivity contribution in [2.24, 2.45) is 5.73 Å². The average molecular weight is 258 g/mol. The molecule has 1 rings (SSSR count). The molecule has 18 heavy (non-hydrogen) atoms. The Labute approximate surface area is 109 Å². The smallest absolute Gasteiger partial charge is 0.222 e. The van der Waals surface area contributed by atoms with E-state index in [1.807, 2.05) is 6.92 Å². The quantitative estimate of drug-likeness (QED) is 0.672. The van der Waals surface area contributed by atoms with E-state index in [2.05, 4.69) is 12.2 Å². The molecule has 1 heterocycles. The SMILES string of the molecule is CCCCNC(=O)CC1CC(CCN)OC(C)O1. The second kappa shape index (κ2) is 8.45. The Bertz CT molecular complexity index is 248. The average Bonchev–Trinajstić information content (AvgIpc) is 2.28. The van der Waals surface area contributed by atoms with Crippen molar-refractivity contribution >= 4 is 5.91 Å². The molecule has 0 saturated carbocycles. The van der Waals surface area contributed by atoms with Gasteiger partial charge in [-0.15, -0.1) is 0 Å². The second-order valence-electron chi connectivity index (χ2n) is 4.80. The van der Waals surface area contributed by atoms with Gasteiger partial charge in [0.1, 0.15) is 0 Å². The Kier molecular flexibility index (Phi) is 7.23. The molecule has 0 aromatic rings. The number of hydrogen-bond acceptors (Lipinski definition) is 4. The van der Waals surface area contributed by atoms with Gasteiger partial charge in [-0.25, -0.2) is 0 Å². The van der Waals surface area contributed by atoms with Gasteiger partial charge in [0.15, 0.2) is 6.29 Å². The molecule has 5 nitrogen and oxygen atoms in total. The van der Waals surface area contributed by atoms with Crippen LogP contribution in [0.4, 0.5) is 0 Å². The first-order valence-electron chi connectivity index (χ1n) is 6.93. The standard InChI is InChI=1S/C13H26N2O3/c1-3-4-7-15-13(16)9-12-8-11(5-6-14)17-10(2)18-12/h10-12H,3-9,14H2,1-2H3,(H,15,16). The van der Waals surface area contributed by atoms with E-state index in [9.17, 15) is 4.79 Å². The number of nitrogens with two attached hydrogens (primary N) is 1. The number of carbonyl (C=O) groups excluding carboxylic acids is 1. The van der Waals surface area contributed by atoms with Gasteiger partial charge >= 0.3 is 0 Å².